The van der Waals surface area contributed by atoms with E-state index in [0.29, 0.717) is 12.8 Å². The van der Waals surface area contributed by atoms with Crippen LogP contribution in [0.15, 0.2) is 0 Å². The zero-order valence-corrected chi connectivity index (χ0v) is 41.2. The van der Waals surface area contributed by atoms with Gasteiger partial charge in [0.1, 0.15) is 16.8 Å². The van der Waals surface area contributed by atoms with E-state index in [1.165, 1.54) is 6.92 Å². The minimum absolute atomic E-state index is 0. The van der Waals surface area contributed by atoms with Crippen molar-refractivity contribution in [2.45, 2.75) is 184 Å². The minimum Gasteiger partial charge on any atom is -0.481 e. The number of aliphatic hydroxyl groups excluding tert-OH is 1. The number of aliphatic hydroxyl groups is 1. The number of carbonyl (C=O) groups is 10. The maximum absolute atomic E-state index is 11.2. The Labute approximate surface area is 396 Å². The van der Waals surface area contributed by atoms with Gasteiger partial charge in [0.15, 0.2) is 0 Å². The third kappa shape index (κ3) is 65.5. The van der Waals surface area contributed by atoms with Crippen LogP contribution in [0.5, 0.6) is 0 Å². The first-order valence-corrected chi connectivity index (χ1v) is 20.2. The average molecular weight is 982 g/mol. The van der Waals surface area contributed by atoms with Gasteiger partial charge in [-0.15, -0.1) is 12.4 Å². The molecule has 0 spiro atoms. The summed E-state index contributed by atoms with van der Waals surface area (Å²) in [6.07, 6.45) is 1.82. The Kier molecular flexibility index (Phi) is 48.9. The third-order valence-electron chi connectivity index (χ3n) is 7.07. The molecular formula is C42H85ClN6O17. The number of hydrogen-bond donors (Lipinski definition) is 10. The normalized spacial score (nSPS) is 12.4. The van der Waals surface area contributed by atoms with Crippen molar-refractivity contribution in [3.63, 3.8) is 0 Å². The van der Waals surface area contributed by atoms with Crippen LogP contribution < -0.4 is 34.4 Å². The second kappa shape index (κ2) is 41.3. The predicted molar refractivity (Wildman–Crippen MR) is 249 cm³/mol. The molecule has 0 aromatic carbocycles. The van der Waals surface area contributed by atoms with Crippen molar-refractivity contribution < 1.29 is 82.6 Å². The summed E-state index contributed by atoms with van der Waals surface area (Å²) in [5, 5.41) is 31.6. The number of carbonyl (C=O) groups excluding carboxylic acids is 7. The molecule has 0 aliphatic heterocycles. The summed E-state index contributed by atoms with van der Waals surface area (Å²) in [6.45, 7) is 20.9. The number of carboxylic acids is 3. The second-order valence-electron chi connectivity index (χ2n) is 17.1. The van der Waals surface area contributed by atoms with Crippen LogP contribution in [0.1, 0.15) is 155 Å². The van der Waals surface area contributed by atoms with Gasteiger partial charge in [0.2, 0.25) is 23.6 Å². The van der Waals surface area contributed by atoms with Crippen LogP contribution in [0.4, 0.5) is 0 Å². The smallest absolute Gasteiger partial charge is 0.306 e. The molecule has 0 aliphatic carbocycles. The first-order chi connectivity index (χ1) is 28.7. The summed E-state index contributed by atoms with van der Waals surface area (Å²) < 4.78 is 15.1. The number of aliphatic carboxylic acids is 3. The van der Waals surface area contributed by atoms with Crippen LogP contribution in [0, 0.1) is 17.8 Å². The van der Waals surface area contributed by atoms with E-state index in [2.05, 4.69) is 0 Å². The number of esters is 3. The van der Waals surface area contributed by atoms with Crippen molar-refractivity contribution in [3.8, 4) is 0 Å². The van der Waals surface area contributed by atoms with Gasteiger partial charge in [-0.25, -0.2) is 0 Å². The van der Waals surface area contributed by atoms with E-state index < -0.39 is 70.4 Å². The van der Waals surface area contributed by atoms with E-state index in [1.54, 1.807) is 55.4 Å². The first kappa shape index (κ1) is 78.1. The lowest BCUT2D eigenvalue weighted by Gasteiger charge is -2.19. The maximum Gasteiger partial charge on any atom is 0.306 e. The van der Waals surface area contributed by atoms with Crippen LogP contribution in [-0.2, 0) is 62.2 Å². The Hall–Kier alpha value is -5.13. The second-order valence-corrected chi connectivity index (χ2v) is 17.1. The Morgan fingerprint density at radius 3 is 0.818 bits per heavy atom. The molecule has 5 atom stereocenters. The molecule has 392 valence electrons. The summed E-state index contributed by atoms with van der Waals surface area (Å²) in [4.78, 5) is 106. The van der Waals surface area contributed by atoms with Crippen molar-refractivity contribution in [2.24, 2.45) is 52.2 Å². The summed E-state index contributed by atoms with van der Waals surface area (Å²) in [7, 11) is 1.00. The van der Waals surface area contributed by atoms with Gasteiger partial charge in [-0.1, -0.05) is 28.2 Å². The summed E-state index contributed by atoms with van der Waals surface area (Å²) in [6, 6.07) is -1.55. The first-order valence-electron chi connectivity index (χ1n) is 20.2. The molecule has 16 N–H and O–H groups in total. The van der Waals surface area contributed by atoms with E-state index in [4.69, 9.17) is 69.0 Å². The van der Waals surface area contributed by atoms with Crippen molar-refractivity contribution in [1.82, 2.24) is 0 Å². The van der Waals surface area contributed by atoms with Crippen LogP contribution in [0.3, 0.4) is 0 Å². The van der Waals surface area contributed by atoms with Crippen molar-refractivity contribution in [3.05, 3.63) is 0 Å². The Morgan fingerprint density at radius 1 is 0.424 bits per heavy atom. The Bertz CT molecular complexity index is 1300. The number of hydrogen-bond acceptors (Lipinski definition) is 16. The van der Waals surface area contributed by atoms with Crippen LogP contribution in [0.25, 0.3) is 0 Å². The quantitative estimate of drug-likeness (QED) is 0.0618. The van der Waals surface area contributed by atoms with Gasteiger partial charge in [-0.3, -0.25) is 47.9 Å². The molecular weight excluding hydrogens is 896 g/mol. The molecule has 4 amide bonds. The van der Waals surface area contributed by atoms with Gasteiger partial charge in [0.05, 0.1) is 18.0 Å². The predicted octanol–water partition coefficient (Wildman–Crippen LogP) is 2.28. The highest BCUT2D eigenvalue weighted by atomic mass is 35.5. The molecule has 66 heavy (non-hydrogen) atoms. The number of nitrogens with two attached hydrogens (primary N) is 6. The third-order valence-corrected chi connectivity index (χ3v) is 7.07. The SMILES string of the molecule is C.CC(C)(C)OC(=O)CC[C@H](N)C(N)=O.CC(C)(C)OC(=O)CC[C@H](N)C(N)=O.CO.C[C@@H](CCC(=O)O)C(=O)O.C[C@@H](CCC(=O)O)C(N)=O.C[C@@H](CCC(=O)OC(C)(C)C)C(N)=O.Cl. The van der Waals surface area contributed by atoms with Crippen LogP contribution >= 0.6 is 12.4 Å². The number of ether oxygens (including phenoxy) is 3. The molecule has 0 aliphatic rings. The van der Waals surface area contributed by atoms with Gasteiger partial charge in [0, 0.05) is 51.0 Å². The number of rotatable bonds is 20. The molecule has 0 saturated heterocycles. The number of halogens is 1. The van der Waals surface area contributed by atoms with Crippen LogP contribution in [0.2, 0.25) is 0 Å². The van der Waals surface area contributed by atoms with Gasteiger partial charge < -0.3 is 69.0 Å². The number of primary amides is 4. The topological polar surface area (TPSA) is 435 Å². The molecule has 0 radical (unpaired) electrons. The highest BCUT2D eigenvalue weighted by Crippen LogP contribution is 2.13. The molecule has 0 aromatic heterocycles. The molecule has 0 unspecified atom stereocenters. The van der Waals surface area contributed by atoms with Crippen molar-refractivity contribution in [2.75, 3.05) is 7.11 Å². The van der Waals surface area contributed by atoms with Crippen LogP contribution in [-0.4, -0.2) is 116 Å². The van der Waals surface area contributed by atoms with E-state index >= 15 is 0 Å². The summed E-state index contributed by atoms with van der Waals surface area (Å²) in [5.74, 6) is -7.01. The Balaban J connectivity index is -0.000000105. The van der Waals surface area contributed by atoms with E-state index in [0.717, 1.165) is 7.11 Å². The minimum atomic E-state index is -0.951. The summed E-state index contributed by atoms with van der Waals surface area (Å²) >= 11 is 0. The molecule has 0 rings (SSSR count). The maximum atomic E-state index is 11.2. The fourth-order valence-electron chi connectivity index (χ4n) is 3.43. The molecule has 0 fully saturated rings. The van der Waals surface area contributed by atoms with Gasteiger partial charge in [-0.05, 0) is 94.4 Å². The monoisotopic (exact) mass is 981 g/mol. The standard InChI is InChI=1S/C10H19NO3.2C9H18N2O3.C6H11NO3.C6H10O4.CH4O.CH4.ClH/c1-7(9(11)13)5-6-8(12)14-10(2,3)4;2*1-9(2,3)14-7(12)5-4-6(10)8(11)13;1-4(6(7)10)2-3-5(8)9;1-4(6(9)10)2-3-5(7)8;1-2;;/h7H,5-6H2,1-4H3,(H2,11,13);2*6H,4-5,10H2,1-3H3,(H2,11,13);4H,2-3H2,1H3,(H2,7,10)(H,8,9);4H,2-3H2,1H3,(H,7,8)(H,9,10);2H,1H3;1H4;1H/t7-;2*6-;2*4-;;;/m00000.../s1. The average Bonchev–Trinajstić information content (AvgIpc) is 3.12. The van der Waals surface area contributed by atoms with E-state index in [-0.39, 0.29) is 107 Å². The molecule has 0 saturated carbocycles. The lowest BCUT2D eigenvalue weighted by molar-refractivity contribution is -0.156. The Morgan fingerprint density at radius 2 is 0.636 bits per heavy atom. The molecule has 0 heterocycles. The molecule has 24 heteroatoms. The van der Waals surface area contributed by atoms with E-state index in [9.17, 15) is 47.9 Å². The van der Waals surface area contributed by atoms with Gasteiger partial charge in [0.25, 0.3) is 0 Å². The van der Waals surface area contributed by atoms with Crippen molar-refractivity contribution >= 4 is 71.9 Å². The fourth-order valence-corrected chi connectivity index (χ4v) is 3.43. The molecule has 0 aromatic rings. The lowest BCUT2D eigenvalue weighted by atomic mass is 10.1. The number of amides is 4. The molecule has 23 nitrogen and oxygen atoms in total. The zero-order chi connectivity index (χ0) is 52.4. The lowest BCUT2D eigenvalue weighted by Crippen LogP contribution is -2.37. The fraction of sp³-hybridized carbons (Fsp3) is 0.762. The summed E-state index contributed by atoms with van der Waals surface area (Å²) in [5.41, 5.74) is 29.0. The van der Waals surface area contributed by atoms with E-state index in [1.807, 2.05) is 20.8 Å². The number of carboxylic acid groups (broad SMARTS) is 3. The van der Waals surface area contributed by atoms with Crippen molar-refractivity contribution in [1.29, 1.82) is 0 Å². The van der Waals surface area contributed by atoms with Gasteiger partial charge >= 0.3 is 35.8 Å². The zero-order valence-electron chi connectivity index (χ0n) is 40.4. The highest BCUT2D eigenvalue weighted by Gasteiger charge is 2.20. The largest absolute Gasteiger partial charge is 0.481 e. The van der Waals surface area contributed by atoms with Gasteiger partial charge in [-0.2, -0.15) is 0 Å². The highest BCUT2D eigenvalue weighted by molar-refractivity contribution is 5.85. The molecule has 0 bridgehead atoms.